The molecule has 1 aromatic rings. The Balaban J connectivity index is 2.63. The molecule has 0 aliphatic rings. The molecule has 2 N–H and O–H groups in total. The molecule has 1 aromatic carbocycles. The van der Waals surface area contributed by atoms with Crippen LogP contribution in [0.2, 0.25) is 0 Å². The molecule has 0 aliphatic heterocycles. The smallest absolute Gasteiger partial charge is 0.0443 e. The van der Waals surface area contributed by atoms with Crippen LogP contribution in [-0.4, -0.2) is 42.8 Å². The van der Waals surface area contributed by atoms with E-state index in [1.54, 1.807) is 0 Å². The zero-order chi connectivity index (χ0) is 15.5. The van der Waals surface area contributed by atoms with Crippen molar-refractivity contribution < 1.29 is 5.11 Å². The lowest BCUT2D eigenvalue weighted by molar-refractivity contribution is 0.222. The predicted octanol–water partition coefficient (Wildman–Crippen LogP) is 3.13. The second-order valence-electron chi connectivity index (χ2n) is 5.66. The molecule has 3 nitrogen and oxygen atoms in total. The molecule has 0 aliphatic carbocycles. The molecule has 3 heteroatoms. The van der Waals surface area contributed by atoms with Crippen molar-refractivity contribution in [3.8, 4) is 0 Å². The van der Waals surface area contributed by atoms with Gasteiger partial charge in [-0.15, -0.1) is 0 Å². The SMILES string of the molecule is CCCNC(CCN(CC)CCCO)c1ccccc1C. The van der Waals surface area contributed by atoms with Gasteiger partial charge < -0.3 is 15.3 Å². The highest BCUT2D eigenvalue weighted by molar-refractivity contribution is 5.28. The van der Waals surface area contributed by atoms with Crippen molar-refractivity contribution in [2.75, 3.05) is 32.8 Å². The van der Waals surface area contributed by atoms with Crippen LogP contribution in [0.4, 0.5) is 0 Å². The predicted molar refractivity (Wildman–Crippen MR) is 90.6 cm³/mol. The average molecular weight is 292 g/mol. The van der Waals surface area contributed by atoms with E-state index in [1.807, 2.05) is 0 Å². The normalized spacial score (nSPS) is 12.8. The Bertz CT molecular complexity index is 381. The minimum Gasteiger partial charge on any atom is -0.396 e. The number of hydrogen-bond donors (Lipinski definition) is 2. The van der Waals surface area contributed by atoms with Crippen molar-refractivity contribution in [3.05, 3.63) is 35.4 Å². The van der Waals surface area contributed by atoms with Crippen molar-refractivity contribution in [1.29, 1.82) is 0 Å². The van der Waals surface area contributed by atoms with Gasteiger partial charge >= 0.3 is 0 Å². The Morgan fingerprint density at radius 2 is 1.95 bits per heavy atom. The number of rotatable bonds is 11. The zero-order valence-electron chi connectivity index (χ0n) is 13.9. The third-order valence-corrected chi connectivity index (χ3v) is 4.02. The van der Waals surface area contributed by atoms with E-state index in [2.05, 4.69) is 55.3 Å². The first-order valence-corrected chi connectivity index (χ1v) is 8.35. The second kappa shape index (κ2) is 10.8. The molecule has 1 unspecified atom stereocenters. The van der Waals surface area contributed by atoms with Gasteiger partial charge in [0, 0.05) is 19.2 Å². The van der Waals surface area contributed by atoms with E-state index >= 15 is 0 Å². The number of benzene rings is 1. The van der Waals surface area contributed by atoms with Crippen LogP contribution >= 0.6 is 0 Å². The number of nitrogens with one attached hydrogen (secondary N) is 1. The monoisotopic (exact) mass is 292 g/mol. The molecule has 0 amide bonds. The van der Waals surface area contributed by atoms with Crippen molar-refractivity contribution in [3.63, 3.8) is 0 Å². The molecule has 120 valence electrons. The van der Waals surface area contributed by atoms with Gasteiger partial charge in [0.1, 0.15) is 0 Å². The molecular weight excluding hydrogens is 260 g/mol. The average Bonchev–Trinajstić information content (AvgIpc) is 2.51. The van der Waals surface area contributed by atoms with Crippen LogP contribution in [0.5, 0.6) is 0 Å². The molecule has 0 saturated carbocycles. The largest absolute Gasteiger partial charge is 0.396 e. The van der Waals surface area contributed by atoms with Gasteiger partial charge in [-0.25, -0.2) is 0 Å². The van der Waals surface area contributed by atoms with Gasteiger partial charge in [0.15, 0.2) is 0 Å². The fourth-order valence-corrected chi connectivity index (χ4v) is 2.70. The van der Waals surface area contributed by atoms with Crippen molar-refractivity contribution >= 4 is 0 Å². The topological polar surface area (TPSA) is 35.5 Å². The molecule has 0 saturated heterocycles. The Kier molecular flexibility index (Phi) is 9.31. The number of aryl methyl sites for hydroxylation is 1. The number of aliphatic hydroxyl groups excluding tert-OH is 1. The van der Waals surface area contributed by atoms with Crippen LogP contribution in [-0.2, 0) is 0 Å². The maximum atomic E-state index is 8.98. The highest BCUT2D eigenvalue weighted by Crippen LogP contribution is 2.21. The Hall–Kier alpha value is -0.900. The van der Waals surface area contributed by atoms with Gasteiger partial charge in [-0.1, -0.05) is 38.1 Å². The fraction of sp³-hybridized carbons (Fsp3) is 0.667. The Labute approximate surface area is 130 Å². The summed E-state index contributed by atoms with van der Waals surface area (Å²) in [5.74, 6) is 0. The molecule has 0 heterocycles. The highest BCUT2D eigenvalue weighted by atomic mass is 16.3. The molecule has 0 spiro atoms. The van der Waals surface area contributed by atoms with Crippen molar-refractivity contribution in [1.82, 2.24) is 10.2 Å². The molecule has 1 atom stereocenters. The number of nitrogens with zero attached hydrogens (tertiary/aromatic N) is 1. The quantitative estimate of drug-likeness (QED) is 0.658. The maximum absolute atomic E-state index is 8.98. The van der Waals surface area contributed by atoms with Crippen LogP contribution in [0.3, 0.4) is 0 Å². The fourth-order valence-electron chi connectivity index (χ4n) is 2.70. The lowest BCUT2D eigenvalue weighted by Crippen LogP contribution is -2.31. The lowest BCUT2D eigenvalue weighted by Gasteiger charge is -2.25. The third kappa shape index (κ3) is 6.60. The van der Waals surface area contributed by atoms with Gasteiger partial charge in [-0.05, 0) is 56.9 Å². The van der Waals surface area contributed by atoms with Gasteiger partial charge in [0.2, 0.25) is 0 Å². The van der Waals surface area contributed by atoms with Gasteiger partial charge in [0.05, 0.1) is 0 Å². The molecule has 0 aromatic heterocycles. The number of aliphatic hydroxyl groups is 1. The van der Waals surface area contributed by atoms with E-state index in [1.165, 1.54) is 11.1 Å². The second-order valence-corrected chi connectivity index (χ2v) is 5.66. The van der Waals surface area contributed by atoms with Crippen LogP contribution < -0.4 is 5.32 Å². The summed E-state index contributed by atoms with van der Waals surface area (Å²) in [6.07, 6.45) is 3.14. The summed E-state index contributed by atoms with van der Waals surface area (Å²) in [6, 6.07) is 9.10. The van der Waals surface area contributed by atoms with Crippen LogP contribution in [0.1, 0.15) is 50.3 Å². The lowest BCUT2D eigenvalue weighted by atomic mass is 9.98. The van der Waals surface area contributed by atoms with Crippen LogP contribution in [0.25, 0.3) is 0 Å². The molecule has 0 bridgehead atoms. The summed E-state index contributed by atoms with van der Waals surface area (Å²) in [5, 5.41) is 12.7. The maximum Gasteiger partial charge on any atom is 0.0443 e. The molecular formula is C18H32N2O. The van der Waals surface area contributed by atoms with Gasteiger partial charge in [-0.3, -0.25) is 0 Å². The Morgan fingerprint density at radius 3 is 2.57 bits per heavy atom. The first-order chi connectivity index (χ1) is 10.2. The summed E-state index contributed by atoms with van der Waals surface area (Å²) in [4.78, 5) is 2.43. The van der Waals surface area contributed by atoms with Crippen molar-refractivity contribution in [2.24, 2.45) is 0 Å². The van der Waals surface area contributed by atoms with Gasteiger partial charge in [-0.2, -0.15) is 0 Å². The Morgan fingerprint density at radius 1 is 1.19 bits per heavy atom. The summed E-state index contributed by atoms with van der Waals surface area (Å²) < 4.78 is 0. The number of hydrogen-bond acceptors (Lipinski definition) is 3. The van der Waals surface area contributed by atoms with Gasteiger partial charge in [0.25, 0.3) is 0 Å². The highest BCUT2D eigenvalue weighted by Gasteiger charge is 2.14. The zero-order valence-corrected chi connectivity index (χ0v) is 13.9. The van der Waals surface area contributed by atoms with Crippen molar-refractivity contribution in [2.45, 2.75) is 46.1 Å². The van der Waals surface area contributed by atoms with E-state index in [9.17, 15) is 0 Å². The van der Waals surface area contributed by atoms with E-state index in [0.29, 0.717) is 6.04 Å². The van der Waals surface area contributed by atoms with E-state index in [0.717, 1.165) is 45.4 Å². The minimum absolute atomic E-state index is 0.284. The molecule has 0 radical (unpaired) electrons. The standard InChI is InChI=1S/C18H32N2O/c1-4-12-19-18(17-10-7-6-9-16(17)3)11-14-20(5-2)13-8-15-21/h6-7,9-10,18-19,21H,4-5,8,11-15H2,1-3H3. The van der Waals surface area contributed by atoms with Crippen LogP contribution in [0.15, 0.2) is 24.3 Å². The molecule has 0 fully saturated rings. The molecule has 21 heavy (non-hydrogen) atoms. The molecule has 1 rings (SSSR count). The minimum atomic E-state index is 0.284. The first kappa shape index (κ1) is 18.1. The summed E-state index contributed by atoms with van der Waals surface area (Å²) in [7, 11) is 0. The van der Waals surface area contributed by atoms with Crippen LogP contribution in [0, 0.1) is 6.92 Å². The third-order valence-electron chi connectivity index (χ3n) is 4.02. The summed E-state index contributed by atoms with van der Waals surface area (Å²) >= 11 is 0. The summed E-state index contributed by atoms with van der Waals surface area (Å²) in [6.45, 7) is 11.1. The van der Waals surface area contributed by atoms with E-state index in [4.69, 9.17) is 5.11 Å². The van der Waals surface area contributed by atoms with E-state index in [-0.39, 0.29) is 6.61 Å². The first-order valence-electron chi connectivity index (χ1n) is 8.35. The van der Waals surface area contributed by atoms with E-state index < -0.39 is 0 Å². The summed E-state index contributed by atoms with van der Waals surface area (Å²) in [5.41, 5.74) is 2.79.